The number of hydrogen-bond donors (Lipinski definition) is 0. The van der Waals surface area contributed by atoms with E-state index in [9.17, 15) is 0 Å². The second-order valence-corrected chi connectivity index (χ2v) is 17.0. The lowest BCUT2D eigenvalue weighted by Gasteiger charge is -2.14. The zero-order valence-corrected chi connectivity index (χ0v) is 35.1. The SMILES string of the molecule is c1ccc(-n2c3ccccc3c3cc(-n4c5cccc(c5)c5cccc(c5)n(-c5ccc6c7ccccc7n(-c7ccccc7)c6c5)c5ccc6oc7ccc4cc7c6c5)ccc32)cc1. The van der Waals surface area contributed by atoms with Crippen LogP contribution >= 0.6 is 0 Å². The third-order valence-electron chi connectivity index (χ3n) is 13.4. The van der Waals surface area contributed by atoms with E-state index in [1.54, 1.807) is 0 Å². The van der Waals surface area contributed by atoms with Gasteiger partial charge in [-0.25, -0.2) is 0 Å². The molecule has 0 aliphatic carbocycles. The van der Waals surface area contributed by atoms with Crippen LogP contribution in [0.4, 0.5) is 0 Å². The van der Waals surface area contributed by atoms with Crippen molar-refractivity contribution >= 4 is 98.4 Å². The molecule has 0 spiro atoms. The summed E-state index contributed by atoms with van der Waals surface area (Å²) >= 11 is 0. The molecule has 0 saturated carbocycles. The molecule has 0 amide bonds. The highest BCUT2D eigenvalue weighted by atomic mass is 16.3. The molecule has 14 rings (SSSR count). The first kappa shape index (κ1) is 35.8. The molecule has 0 aliphatic rings. The summed E-state index contributed by atoms with van der Waals surface area (Å²) in [5, 5.41) is 9.26. The van der Waals surface area contributed by atoms with Crippen LogP contribution in [0.1, 0.15) is 0 Å². The zero-order chi connectivity index (χ0) is 42.6. The third kappa shape index (κ3) is 5.46. The van der Waals surface area contributed by atoms with E-state index in [0.29, 0.717) is 0 Å². The lowest BCUT2D eigenvalue weighted by Crippen LogP contribution is -1.99. The minimum atomic E-state index is 0.852. The summed E-state index contributed by atoms with van der Waals surface area (Å²) in [5.41, 5.74) is 15.1. The monoisotopic (exact) mass is 830 g/mol. The third-order valence-corrected chi connectivity index (χ3v) is 13.4. The summed E-state index contributed by atoms with van der Waals surface area (Å²) in [6.45, 7) is 0. The Morgan fingerprint density at radius 1 is 0.231 bits per heavy atom. The molecule has 5 heteroatoms. The van der Waals surface area contributed by atoms with Gasteiger partial charge in [-0.1, -0.05) is 103 Å². The van der Waals surface area contributed by atoms with Crippen molar-refractivity contribution in [3.8, 4) is 22.7 Å². The van der Waals surface area contributed by atoms with Crippen molar-refractivity contribution in [2.75, 3.05) is 0 Å². The molecular formula is C60H38N4O. The van der Waals surface area contributed by atoms with Gasteiger partial charge in [0.25, 0.3) is 0 Å². The molecule has 10 aromatic carbocycles. The van der Waals surface area contributed by atoms with Gasteiger partial charge >= 0.3 is 0 Å². The van der Waals surface area contributed by atoms with E-state index >= 15 is 0 Å². The Morgan fingerprint density at radius 3 is 1.29 bits per heavy atom. The van der Waals surface area contributed by atoms with Crippen LogP contribution in [0, 0.1) is 0 Å². The quantitative estimate of drug-likeness (QED) is 0.174. The first-order chi connectivity index (χ1) is 32.2. The molecule has 0 atom stereocenters. The molecule has 0 saturated heterocycles. The van der Waals surface area contributed by atoms with Crippen molar-refractivity contribution in [2.45, 2.75) is 0 Å². The van der Waals surface area contributed by atoms with E-state index < -0.39 is 0 Å². The lowest BCUT2D eigenvalue weighted by molar-refractivity contribution is 0.669. The molecule has 0 aliphatic heterocycles. The zero-order valence-electron chi connectivity index (χ0n) is 35.1. The van der Waals surface area contributed by atoms with Crippen molar-refractivity contribution in [1.82, 2.24) is 18.3 Å². The van der Waals surface area contributed by atoms with Gasteiger partial charge in [0.05, 0.1) is 22.1 Å². The van der Waals surface area contributed by atoms with Crippen LogP contribution in [-0.4, -0.2) is 18.3 Å². The van der Waals surface area contributed by atoms with Gasteiger partial charge in [0, 0.05) is 77.1 Å². The molecule has 4 heterocycles. The van der Waals surface area contributed by atoms with Crippen LogP contribution in [0.5, 0.6) is 0 Å². The predicted molar refractivity (Wildman–Crippen MR) is 271 cm³/mol. The fourth-order valence-electron chi connectivity index (χ4n) is 10.5. The van der Waals surface area contributed by atoms with Gasteiger partial charge < -0.3 is 22.7 Å². The first-order valence-electron chi connectivity index (χ1n) is 22.2. The van der Waals surface area contributed by atoms with Crippen LogP contribution in [0.2, 0.25) is 0 Å². The maximum absolute atomic E-state index is 6.62. The van der Waals surface area contributed by atoms with Crippen LogP contribution in [0.15, 0.2) is 235 Å². The van der Waals surface area contributed by atoms with E-state index in [2.05, 4.69) is 249 Å². The van der Waals surface area contributed by atoms with Gasteiger partial charge in [-0.15, -0.1) is 0 Å². The van der Waals surface area contributed by atoms with Gasteiger partial charge in [0.2, 0.25) is 0 Å². The molecule has 14 aromatic rings. The van der Waals surface area contributed by atoms with Gasteiger partial charge in [-0.3, -0.25) is 0 Å². The average molecular weight is 831 g/mol. The molecular weight excluding hydrogens is 793 g/mol. The second kappa shape index (κ2) is 13.9. The summed E-state index contributed by atoms with van der Waals surface area (Å²) in [6, 6.07) is 83.7. The molecule has 0 radical (unpaired) electrons. The first-order valence-corrected chi connectivity index (χ1v) is 22.2. The molecule has 0 fully saturated rings. The fourth-order valence-corrected chi connectivity index (χ4v) is 10.5. The number of rotatable bonds is 4. The Labute approximate surface area is 372 Å². The highest BCUT2D eigenvalue weighted by molar-refractivity contribution is 6.12. The van der Waals surface area contributed by atoms with Crippen molar-refractivity contribution in [1.29, 1.82) is 0 Å². The maximum atomic E-state index is 6.62. The molecule has 304 valence electrons. The van der Waals surface area contributed by atoms with Crippen molar-refractivity contribution < 1.29 is 4.42 Å². The summed E-state index contributed by atoms with van der Waals surface area (Å²) in [7, 11) is 0. The molecule has 4 aromatic heterocycles. The Kier molecular flexibility index (Phi) is 7.62. The van der Waals surface area contributed by atoms with Crippen LogP contribution < -0.4 is 0 Å². The Hall–Kier alpha value is -8.80. The van der Waals surface area contributed by atoms with Crippen molar-refractivity contribution in [3.63, 3.8) is 0 Å². The summed E-state index contributed by atoms with van der Waals surface area (Å²) in [5.74, 6) is 0. The van der Waals surface area contributed by atoms with Gasteiger partial charge in [0.15, 0.2) is 0 Å². The van der Waals surface area contributed by atoms with Crippen molar-refractivity contribution in [3.05, 3.63) is 231 Å². The molecule has 8 bridgehead atoms. The van der Waals surface area contributed by atoms with Gasteiger partial charge in [-0.2, -0.15) is 0 Å². The molecule has 0 N–H and O–H groups in total. The summed E-state index contributed by atoms with van der Waals surface area (Å²) < 4.78 is 16.2. The highest BCUT2D eigenvalue weighted by Crippen LogP contribution is 2.38. The molecule has 65 heavy (non-hydrogen) atoms. The highest BCUT2D eigenvalue weighted by Gasteiger charge is 2.17. The number of fused-ring (bicyclic) bond motifs is 13. The molecule has 0 unspecified atom stereocenters. The number of nitrogens with zero attached hydrogens (tertiary/aromatic N) is 4. The maximum Gasteiger partial charge on any atom is 0.135 e. The number of hydrogen-bond acceptors (Lipinski definition) is 1. The standard InChI is InChI=1S/C60H38N4O/c1-3-15-41(16-4-1)63-56-24-10-8-22-50(56)52-35-45(26-30-57(52)63)61-43-19-11-13-39(33-43)40-14-12-20-44(34-40)62(47-28-32-60-54(37-47)53-36-46(61)27-31-59(53)65-60)48-25-29-51-49-21-7-9-23-55(49)64(58(51)38-48)42-17-5-2-6-18-42/h1-38H. The number of aromatic nitrogens is 4. The van der Waals surface area contributed by atoms with Crippen LogP contribution in [0.3, 0.4) is 0 Å². The summed E-state index contributed by atoms with van der Waals surface area (Å²) in [4.78, 5) is 0. The van der Waals surface area contributed by atoms with E-state index in [1.807, 2.05) is 0 Å². The van der Waals surface area contributed by atoms with E-state index in [0.717, 1.165) is 83.0 Å². The smallest absolute Gasteiger partial charge is 0.135 e. The topological polar surface area (TPSA) is 32.9 Å². The minimum absolute atomic E-state index is 0.852. The Bertz CT molecular complexity index is 4290. The second-order valence-electron chi connectivity index (χ2n) is 17.0. The predicted octanol–water partition coefficient (Wildman–Crippen LogP) is 15.9. The number of benzene rings is 10. The normalized spacial score (nSPS) is 12.0. The van der Waals surface area contributed by atoms with Crippen LogP contribution in [0.25, 0.3) is 121 Å². The summed E-state index contributed by atoms with van der Waals surface area (Å²) in [6.07, 6.45) is 0. The van der Waals surface area contributed by atoms with Gasteiger partial charge in [-0.05, 0) is 138 Å². The minimum Gasteiger partial charge on any atom is -0.456 e. The fraction of sp³-hybridized carbons (Fsp3) is 0. The largest absolute Gasteiger partial charge is 0.456 e. The van der Waals surface area contributed by atoms with E-state index in [-0.39, 0.29) is 0 Å². The average Bonchev–Trinajstić information content (AvgIpc) is 4.02. The van der Waals surface area contributed by atoms with Gasteiger partial charge in [0.1, 0.15) is 11.2 Å². The van der Waals surface area contributed by atoms with Crippen molar-refractivity contribution in [2.24, 2.45) is 0 Å². The van der Waals surface area contributed by atoms with E-state index in [1.165, 1.54) is 38.1 Å². The Balaban J connectivity index is 1.07. The van der Waals surface area contributed by atoms with E-state index in [4.69, 9.17) is 4.42 Å². The Morgan fingerprint density at radius 2 is 0.692 bits per heavy atom. The lowest BCUT2D eigenvalue weighted by atomic mass is 10.1. The number of para-hydroxylation sites is 4. The number of furan rings is 1. The molecule has 5 nitrogen and oxygen atoms in total. The van der Waals surface area contributed by atoms with Crippen LogP contribution in [-0.2, 0) is 0 Å².